The molecule has 154 valence electrons. The highest BCUT2D eigenvalue weighted by atomic mass is 16.5. The van der Waals surface area contributed by atoms with Gasteiger partial charge in [-0.05, 0) is 36.4 Å². The molecular weight excluding hydrogens is 380 g/mol. The van der Waals surface area contributed by atoms with Gasteiger partial charge >= 0.3 is 0 Å². The molecule has 0 saturated carbocycles. The maximum absolute atomic E-state index is 11.4. The average molecular weight is 404 g/mol. The molecule has 30 heavy (non-hydrogen) atoms. The van der Waals surface area contributed by atoms with Crippen LogP contribution in [0.5, 0.6) is 5.75 Å². The number of anilines is 1. The fourth-order valence-corrected chi connectivity index (χ4v) is 3.78. The van der Waals surface area contributed by atoms with Gasteiger partial charge in [-0.25, -0.2) is 0 Å². The largest absolute Gasteiger partial charge is 0.491 e. The Labute approximate surface area is 174 Å². The molecule has 0 radical (unpaired) electrons. The Morgan fingerprint density at radius 3 is 2.70 bits per heavy atom. The minimum atomic E-state index is -0.603. The van der Waals surface area contributed by atoms with Gasteiger partial charge in [0, 0.05) is 49.7 Å². The van der Waals surface area contributed by atoms with Crippen LogP contribution in [0.1, 0.15) is 5.56 Å². The molecule has 0 aliphatic carbocycles. The van der Waals surface area contributed by atoms with Crippen LogP contribution in [0.4, 0.5) is 5.69 Å². The van der Waals surface area contributed by atoms with E-state index >= 15 is 0 Å². The van der Waals surface area contributed by atoms with E-state index in [1.54, 1.807) is 18.2 Å². The van der Waals surface area contributed by atoms with Gasteiger partial charge in [0.2, 0.25) is 5.56 Å². The molecule has 1 fully saturated rings. The number of benzene rings is 2. The molecule has 0 spiro atoms. The number of ether oxygens (including phenoxy) is 1. The second-order valence-electron chi connectivity index (χ2n) is 7.45. The molecule has 0 unspecified atom stereocenters. The van der Waals surface area contributed by atoms with Crippen molar-refractivity contribution in [2.45, 2.75) is 6.10 Å². The van der Waals surface area contributed by atoms with Crippen LogP contribution in [0.15, 0.2) is 59.4 Å². The third-order valence-electron chi connectivity index (χ3n) is 5.34. The Kier molecular flexibility index (Phi) is 5.98. The lowest BCUT2D eigenvalue weighted by atomic mass is 10.1. The van der Waals surface area contributed by atoms with Crippen molar-refractivity contribution >= 4 is 16.6 Å². The first kappa shape index (κ1) is 20.0. The van der Waals surface area contributed by atoms with Crippen LogP contribution in [-0.4, -0.2) is 60.4 Å². The monoisotopic (exact) mass is 404 g/mol. The first-order valence-corrected chi connectivity index (χ1v) is 10.0. The second kappa shape index (κ2) is 8.99. The number of nitrogens with one attached hydrogen (secondary N) is 1. The van der Waals surface area contributed by atoms with Gasteiger partial charge in [0.1, 0.15) is 24.5 Å². The van der Waals surface area contributed by atoms with Gasteiger partial charge in [0.15, 0.2) is 0 Å². The van der Waals surface area contributed by atoms with Crippen molar-refractivity contribution in [2.75, 3.05) is 44.2 Å². The summed E-state index contributed by atoms with van der Waals surface area (Å²) in [6, 6.07) is 18.6. The van der Waals surface area contributed by atoms with Gasteiger partial charge in [-0.15, -0.1) is 0 Å². The number of H-pyrrole nitrogens is 1. The SMILES string of the molecule is N#Cc1ccccc1N1CCN(C[C@H](O)COc2ccc3[nH]c(=O)ccc3c2)CC1. The van der Waals surface area contributed by atoms with E-state index in [0.29, 0.717) is 17.9 Å². The Morgan fingerprint density at radius 1 is 1.10 bits per heavy atom. The number of nitrogens with zero attached hydrogens (tertiary/aromatic N) is 3. The van der Waals surface area contributed by atoms with Gasteiger partial charge in [0.05, 0.1) is 11.3 Å². The topological polar surface area (TPSA) is 92.6 Å². The van der Waals surface area contributed by atoms with Crippen molar-refractivity contribution in [1.82, 2.24) is 9.88 Å². The number of fused-ring (bicyclic) bond motifs is 1. The number of piperazine rings is 1. The Balaban J connectivity index is 1.27. The van der Waals surface area contributed by atoms with Gasteiger partial charge in [-0.2, -0.15) is 5.26 Å². The summed E-state index contributed by atoms with van der Waals surface area (Å²) in [5, 5.41) is 20.6. The fraction of sp³-hybridized carbons (Fsp3) is 0.304. The fourth-order valence-electron chi connectivity index (χ4n) is 3.78. The Morgan fingerprint density at radius 2 is 1.90 bits per heavy atom. The lowest BCUT2D eigenvalue weighted by Gasteiger charge is -2.37. The molecule has 4 rings (SSSR count). The van der Waals surface area contributed by atoms with E-state index in [9.17, 15) is 15.2 Å². The van der Waals surface area contributed by atoms with Crippen molar-refractivity contribution < 1.29 is 9.84 Å². The summed E-state index contributed by atoms with van der Waals surface area (Å²) in [5.74, 6) is 0.659. The summed E-state index contributed by atoms with van der Waals surface area (Å²) in [6.45, 7) is 4.01. The van der Waals surface area contributed by atoms with Crippen LogP contribution in [-0.2, 0) is 0 Å². The minimum absolute atomic E-state index is 0.136. The first-order valence-electron chi connectivity index (χ1n) is 10.0. The molecule has 7 heteroatoms. The number of nitriles is 1. The summed E-state index contributed by atoms with van der Waals surface area (Å²) in [7, 11) is 0. The molecule has 0 bridgehead atoms. The second-order valence-corrected chi connectivity index (χ2v) is 7.45. The van der Waals surface area contributed by atoms with Crippen molar-refractivity contribution in [3.05, 3.63) is 70.5 Å². The van der Waals surface area contributed by atoms with E-state index in [2.05, 4.69) is 20.9 Å². The van der Waals surface area contributed by atoms with Crippen LogP contribution in [0, 0.1) is 11.3 Å². The van der Waals surface area contributed by atoms with E-state index in [4.69, 9.17) is 4.74 Å². The highest BCUT2D eigenvalue weighted by Gasteiger charge is 2.21. The quantitative estimate of drug-likeness (QED) is 0.653. The molecule has 1 aliphatic heterocycles. The summed E-state index contributed by atoms with van der Waals surface area (Å²) >= 11 is 0. The smallest absolute Gasteiger partial charge is 0.248 e. The molecule has 1 aliphatic rings. The number of aliphatic hydroxyl groups is 1. The molecule has 1 saturated heterocycles. The summed E-state index contributed by atoms with van der Waals surface area (Å²) < 4.78 is 5.75. The van der Waals surface area contributed by atoms with E-state index in [0.717, 1.165) is 42.8 Å². The van der Waals surface area contributed by atoms with Gasteiger partial charge in [-0.3, -0.25) is 9.69 Å². The molecule has 3 aromatic rings. The third kappa shape index (κ3) is 4.62. The molecular formula is C23H24N4O3. The Hall–Kier alpha value is -3.34. The van der Waals surface area contributed by atoms with E-state index in [1.165, 1.54) is 6.07 Å². The van der Waals surface area contributed by atoms with Crippen LogP contribution < -0.4 is 15.2 Å². The van der Waals surface area contributed by atoms with Gasteiger partial charge in [-0.1, -0.05) is 12.1 Å². The molecule has 2 heterocycles. The predicted octanol–water partition coefficient (Wildman–Crippen LogP) is 1.96. The number of rotatable bonds is 6. The minimum Gasteiger partial charge on any atom is -0.491 e. The number of aromatic amines is 1. The summed E-state index contributed by atoms with van der Waals surface area (Å²) in [4.78, 5) is 18.6. The van der Waals surface area contributed by atoms with Crippen molar-refractivity contribution in [1.29, 1.82) is 5.26 Å². The number of aliphatic hydroxyl groups excluding tert-OH is 1. The summed E-state index contributed by atoms with van der Waals surface area (Å²) in [6.07, 6.45) is -0.603. The standard InChI is InChI=1S/C23H24N4O3/c24-14-18-3-1-2-4-22(18)27-11-9-26(10-12-27)15-19(28)16-30-20-6-7-21-17(13-20)5-8-23(29)25-21/h1-8,13,19,28H,9-12,15-16H2,(H,25,29)/t19-/m0/s1. The maximum atomic E-state index is 11.4. The first-order chi connectivity index (χ1) is 14.6. The lowest BCUT2D eigenvalue weighted by Crippen LogP contribution is -2.49. The number of β-amino-alcohol motifs (C(OH)–C–C–N with tert-alkyl or cyclic N) is 1. The summed E-state index contributed by atoms with van der Waals surface area (Å²) in [5.41, 5.74) is 2.29. The zero-order valence-electron chi connectivity index (χ0n) is 16.6. The van der Waals surface area contributed by atoms with Crippen molar-refractivity contribution in [2.24, 2.45) is 0 Å². The van der Waals surface area contributed by atoms with Crippen molar-refractivity contribution in [3.63, 3.8) is 0 Å². The highest BCUT2D eigenvalue weighted by molar-refractivity contribution is 5.79. The zero-order chi connectivity index (χ0) is 20.9. The van der Waals surface area contributed by atoms with Crippen molar-refractivity contribution in [3.8, 4) is 11.8 Å². The predicted molar refractivity (Wildman–Crippen MR) is 116 cm³/mol. The maximum Gasteiger partial charge on any atom is 0.248 e. The number of pyridine rings is 1. The molecule has 2 aromatic carbocycles. The molecule has 7 nitrogen and oxygen atoms in total. The molecule has 0 amide bonds. The average Bonchev–Trinajstić information content (AvgIpc) is 2.78. The lowest BCUT2D eigenvalue weighted by molar-refractivity contribution is 0.0663. The van der Waals surface area contributed by atoms with Gasteiger partial charge < -0.3 is 19.7 Å². The van der Waals surface area contributed by atoms with E-state index in [1.807, 2.05) is 30.3 Å². The van der Waals surface area contributed by atoms with Crippen LogP contribution in [0.3, 0.4) is 0 Å². The van der Waals surface area contributed by atoms with Gasteiger partial charge in [0.25, 0.3) is 0 Å². The molecule has 1 aromatic heterocycles. The number of para-hydroxylation sites is 1. The van der Waals surface area contributed by atoms with Crippen LogP contribution in [0.2, 0.25) is 0 Å². The molecule has 1 atom stereocenters. The third-order valence-corrected chi connectivity index (χ3v) is 5.34. The van der Waals surface area contributed by atoms with Crippen LogP contribution in [0.25, 0.3) is 10.9 Å². The zero-order valence-corrected chi connectivity index (χ0v) is 16.6. The van der Waals surface area contributed by atoms with Crippen LogP contribution >= 0.6 is 0 Å². The number of hydrogen-bond donors (Lipinski definition) is 2. The molecule has 2 N–H and O–H groups in total. The Bertz CT molecular complexity index is 1110. The van der Waals surface area contributed by atoms with E-state index < -0.39 is 6.10 Å². The normalized spacial score (nSPS) is 15.7. The highest BCUT2D eigenvalue weighted by Crippen LogP contribution is 2.21. The van der Waals surface area contributed by atoms with E-state index in [-0.39, 0.29) is 12.2 Å². The number of aromatic nitrogens is 1. The number of hydrogen-bond acceptors (Lipinski definition) is 6.